The van der Waals surface area contributed by atoms with Crippen LogP contribution in [0.2, 0.25) is 0 Å². The van der Waals surface area contributed by atoms with Crippen molar-refractivity contribution in [2.75, 3.05) is 5.32 Å². The summed E-state index contributed by atoms with van der Waals surface area (Å²) in [7, 11) is 0. The maximum atomic E-state index is 13.6. The number of para-hydroxylation sites is 1. The molecule has 0 saturated carbocycles. The number of benzene rings is 1. The minimum atomic E-state index is -0.518. The topological polar surface area (TPSA) is 63.5 Å². The zero-order chi connectivity index (χ0) is 16.7. The fourth-order valence-corrected chi connectivity index (χ4v) is 3.33. The average molecular weight is 339 g/mol. The highest BCUT2D eigenvalue weighted by atomic mass is 32.1. The molecule has 4 rings (SSSR count). The molecule has 0 atom stereocenters. The molecule has 24 heavy (non-hydrogen) atoms. The lowest BCUT2D eigenvalue weighted by atomic mass is 10.3. The molecule has 3 heterocycles. The smallest absolute Gasteiger partial charge is 0.266 e. The van der Waals surface area contributed by atoms with Crippen molar-refractivity contribution in [3.8, 4) is 0 Å². The summed E-state index contributed by atoms with van der Waals surface area (Å²) in [6.07, 6.45) is 1.63. The number of carbonyl (C=O) groups is 1. The van der Waals surface area contributed by atoms with Gasteiger partial charge in [0.25, 0.3) is 11.5 Å². The Balaban J connectivity index is 1.79. The van der Waals surface area contributed by atoms with Gasteiger partial charge in [-0.15, -0.1) is 11.3 Å². The maximum Gasteiger partial charge on any atom is 0.266 e. The van der Waals surface area contributed by atoms with Gasteiger partial charge in [0.1, 0.15) is 16.3 Å². The van der Waals surface area contributed by atoms with Gasteiger partial charge in [-0.2, -0.15) is 0 Å². The quantitative estimate of drug-likeness (QED) is 0.609. The first-order valence-corrected chi connectivity index (χ1v) is 7.92. The molecule has 5 nitrogen and oxygen atoms in total. The molecule has 1 aromatic carbocycles. The Morgan fingerprint density at radius 1 is 1.17 bits per heavy atom. The van der Waals surface area contributed by atoms with Gasteiger partial charge in [0.15, 0.2) is 0 Å². The molecular weight excluding hydrogens is 329 g/mol. The molecule has 1 N–H and O–H groups in total. The van der Waals surface area contributed by atoms with Gasteiger partial charge >= 0.3 is 0 Å². The monoisotopic (exact) mass is 339 g/mol. The fraction of sp³-hybridized carbons (Fsp3) is 0. The highest BCUT2D eigenvalue weighted by Crippen LogP contribution is 2.23. The van der Waals surface area contributed by atoms with E-state index in [0.717, 1.165) is 11.3 Å². The van der Waals surface area contributed by atoms with Crippen LogP contribution < -0.4 is 10.9 Å². The van der Waals surface area contributed by atoms with Gasteiger partial charge < -0.3 is 5.32 Å². The van der Waals surface area contributed by atoms with Crippen LogP contribution >= 0.6 is 11.3 Å². The van der Waals surface area contributed by atoms with E-state index < -0.39 is 11.7 Å². The van der Waals surface area contributed by atoms with Crippen molar-refractivity contribution >= 4 is 38.8 Å². The van der Waals surface area contributed by atoms with Crippen LogP contribution in [0.1, 0.15) is 9.67 Å². The summed E-state index contributed by atoms with van der Waals surface area (Å²) in [6.45, 7) is 0. The van der Waals surface area contributed by atoms with Crippen LogP contribution in [0.15, 0.2) is 59.5 Å². The van der Waals surface area contributed by atoms with Crippen molar-refractivity contribution in [2.24, 2.45) is 0 Å². The number of carbonyl (C=O) groups excluding carboxylic acids is 1. The summed E-state index contributed by atoms with van der Waals surface area (Å²) in [5, 5.41) is 2.87. The molecule has 0 radical (unpaired) electrons. The minimum absolute atomic E-state index is 0.0924. The van der Waals surface area contributed by atoms with E-state index in [1.54, 1.807) is 36.5 Å². The molecule has 0 fully saturated rings. The second kappa shape index (κ2) is 5.54. The zero-order valence-corrected chi connectivity index (χ0v) is 13.0. The van der Waals surface area contributed by atoms with Crippen LogP contribution in [0.5, 0.6) is 0 Å². The fourth-order valence-electron chi connectivity index (χ4n) is 2.41. The Hall–Kier alpha value is -3.06. The summed E-state index contributed by atoms with van der Waals surface area (Å²) < 4.78 is 15.1. The lowest BCUT2D eigenvalue weighted by Crippen LogP contribution is -2.14. The molecule has 0 bridgehead atoms. The lowest BCUT2D eigenvalue weighted by molar-refractivity contribution is 0.103. The molecule has 118 valence electrons. The van der Waals surface area contributed by atoms with Gasteiger partial charge in [-0.3, -0.25) is 14.0 Å². The molecule has 0 aliphatic carbocycles. The van der Waals surface area contributed by atoms with Crippen molar-refractivity contribution in [1.29, 1.82) is 0 Å². The molecule has 7 heteroatoms. The minimum Gasteiger partial charge on any atom is -0.319 e. The normalized spacial score (nSPS) is 11.0. The standard InChI is InChI=1S/C17H10FN3O2S/c18-11-5-1-2-6-12(11)19-15(22)13-9-10-16(24-13)20-14-7-3-4-8-21(14)17(10)23/h1-9H,(H,19,22). The number of amides is 1. The highest BCUT2D eigenvalue weighted by Gasteiger charge is 2.15. The van der Waals surface area contributed by atoms with Crippen LogP contribution in [-0.4, -0.2) is 15.3 Å². The summed E-state index contributed by atoms with van der Waals surface area (Å²) >= 11 is 1.10. The number of thiophene rings is 1. The summed E-state index contributed by atoms with van der Waals surface area (Å²) in [4.78, 5) is 30.0. The van der Waals surface area contributed by atoms with E-state index in [0.29, 0.717) is 20.7 Å². The first-order valence-electron chi connectivity index (χ1n) is 7.10. The number of fused-ring (bicyclic) bond motifs is 2. The average Bonchev–Trinajstić information content (AvgIpc) is 3.02. The molecule has 0 spiro atoms. The molecule has 4 aromatic rings. The van der Waals surface area contributed by atoms with E-state index in [1.165, 1.54) is 22.6 Å². The van der Waals surface area contributed by atoms with Crippen LogP contribution in [0.3, 0.4) is 0 Å². The predicted molar refractivity (Wildman–Crippen MR) is 91.2 cm³/mol. The number of nitrogens with one attached hydrogen (secondary N) is 1. The first kappa shape index (κ1) is 14.5. The molecule has 1 amide bonds. The molecule has 0 unspecified atom stereocenters. The van der Waals surface area contributed by atoms with E-state index in [9.17, 15) is 14.0 Å². The van der Waals surface area contributed by atoms with E-state index in [1.807, 2.05) is 0 Å². The largest absolute Gasteiger partial charge is 0.319 e. The second-order valence-corrected chi connectivity index (χ2v) is 6.14. The van der Waals surface area contributed by atoms with E-state index in [-0.39, 0.29) is 11.2 Å². The van der Waals surface area contributed by atoms with Crippen LogP contribution in [0, 0.1) is 5.82 Å². The Morgan fingerprint density at radius 3 is 2.79 bits per heavy atom. The molecule has 0 saturated heterocycles. The number of anilines is 1. The van der Waals surface area contributed by atoms with E-state index in [4.69, 9.17) is 0 Å². The van der Waals surface area contributed by atoms with E-state index in [2.05, 4.69) is 10.3 Å². The first-order chi connectivity index (χ1) is 11.6. The zero-order valence-electron chi connectivity index (χ0n) is 12.2. The van der Waals surface area contributed by atoms with Crippen LogP contribution in [-0.2, 0) is 0 Å². The van der Waals surface area contributed by atoms with Crippen molar-refractivity contribution in [3.05, 3.63) is 75.8 Å². The van der Waals surface area contributed by atoms with Crippen molar-refractivity contribution in [1.82, 2.24) is 9.38 Å². The number of pyridine rings is 1. The SMILES string of the molecule is O=C(Nc1ccccc1F)c1cc2c(=O)n3ccccc3nc2s1. The molecule has 0 aliphatic heterocycles. The number of rotatable bonds is 2. The summed E-state index contributed by atoms with van der Waals surface area (Å²) in [6, 6.07) is 12.6. The third kappa shape index (κ3) is 2.35. The number of hydrogen-bond acceptors (Lipinski definition) is 4. The van der Waals surface area contributed by atoms with Crippen molar-refractivity contribution in [2.45, 2.75) is 0 Å². The number of hydrogen-bond donors (Lipinski definition) is 1. The van der Waals surface area contributed by atoms with Crippen molar-refractivity contribution in [3.63, 3.8) is 0 Å². The van der Waals surface area contributed by atoms with Crippen molar-refractivity contribution < 1.29 is 9.18 Å². The highest BCUT2D eigenvalue weighted by molar-refractivity contribution is 7.20. The molecule has 3 aromatic heterocycles. The summed E-state index contributed by atoms with van der Waals surface area (Å²) in [5.41, 5.74) is 0.365. The Bertz CT molecular complexity index is 1150. The summed E-state index contributed by atoms with van der Waals surface area (Å²) in [5.74, 6) is -0.993. The Morgan fingerprint density at radius 2 is 1.96 bits per heavy atom. The Labute approximate surface area is 139 Å². The molecular formula is C17H10FN3O2S. The van der Waals surface area contributed by atoms with Gasteiger partial charge in [-0.05, 0) is 30.3 Å². The third-order valence-corrected chi connectivity index (χ3v) is 4.59. The lowest BCUT2D eigenvalue weighted by Gasteiger charge is -2.03. The number of nitrogens with zero attached hydrogens (tertiary/aromatic N) is 2. The molecule has 0 aliphatic rings. The van der Waals surface area contributed by atoms with Gasteiger partial charge in [-0.25, -0.2) is 9.37 Å². The van der Waals surface area contributed by atoms with Crippen LogP contribution in [0.25, 0.3) is 15.9 Å². The maximum absolute atomic E-state index is 13.6. The predicted octanol–water partition coefficient (Wildman–Crippen LogP) is 3.30. The van der Waals surface area contributed by atoms with E-state index >= 15 is 0 Å². The second-order valence-electron chi connectivity index (χ2n) is 5.11. The Kier molecular flexibility index (Phi) is 3.35. The number of aromatic nitrogens is 2. The van der Waals surface area contributed by atoms with Gasteiger partial charge in [0.2, 0.25) is 0 Å². The number of halogens is 1. The van der Waals surface area contributed by atoms with Crippen LogP contribution in [0.4, 0.5) is 10.1 Å². The van der Waals surface area contributed by atoms with Gasteiger partial charge in [-0.1, -0.05) is 18.2 Å². The van der Waals surface area contributed by atoms with Gasteiger partial charge in [0, 0.05) is 6.20 Å². The third-order valence-electron chi connectivity index (χ3n) is 3.56. The van der Waals surface area contributed by atoms with Gasteiger partial charge in [0.05, 0.1) is 16.0 Å².